The van der Waals surface area contributed by atoms with Crippen LogP contribution in [0.3, 0.4) is 0 Å². The van der Waals surface area contributed by atoms with E-state index in [0.29, 0.717) is 23.5 Å². The van der Waals surface area contributed by atoms with Crippen molar-refractivity contribution in [1.82, 2.24) is 10.2 Å². The molecule has 4 atom stereocenters. The molecule has 1 saturated carbocycles. The zero-order valence-corrected chi connectivity index (χ0v) is 16.4. The van der Waals surface area contributed by atoms with Crippen molar-refractivity contribution in [3.05, 3.63) is 24.2 Å². The molecule has 7 heteroatoms. The van der Waals surface area contributed by atoms with Crippen molar-refractivity contribution in [2.75, 3.05) is 6.54 Å². The normalized spacial score (nSPS) is 31.3. The van der Waals surface area contributed by atoms with Gasteiger partial charge in [0.25, 0.3) is 5.91 Å². The molecule has 2 aliphatic rings. The van der Waals surface area contributed by atoms with Gasteiger partial charge < -0.3 is 14.5 Å². The third-order valence-corrected chi connectivity index (χ3v) is 5.82. The minimum absolute atomic E-state index is 0.168. The largest absolute Gasteiger partial charge is 0.466 e. The average Bonchev–Trinajstić information content (AvgIpc) is 3.19. The Labute approximate surface area is 159 Å². The van der Waals surface area contributed by atoms with Gasteiger partial charge in [0.1, 0.15) is 18.4 Å². The summed E-state index contributed by atoms with van der Waals surface area (Å²) in [5.41, 5.74) is -1.30. The van der Waals surface area contributed by atoms with Gasteiger partial charge in [0.05, 0.1) is 6.26 Å². The lowest BCUT2D eigenvalue weighted by Crippen LogP contribution is -2.42. The molecule has 1 aliphatic carbocycles. The van der Waals surface area contributed by atoms with Crippen LogP contribution in [0.25, 0.3) is 0 Å². The lowest BCUT2D eigenvalue weighted by molar-refractivity contribution is -0.158. The number of furan rings is 1. The lowest BCUT2D eigenvalue weighted by Gasteiger charge is -2.36. The predicted molar refractivity (Wildman–Crippen MR) is 97.5 cm³/mol. The highest BCUT2D eigenvalue weighted by Gasteiger charge is 2.51. The summed E-state index contributed by atoms with van der Waals surface area (Å²) in [6, 6.07) is 2.65. The first-order valence-corrected chi connectivity index (χ1v) is 9.60. The standard InChI is InChI=1S/C20H28N2O5/c1-12(2)14-8-7-13(3)10-15(14)27-17(23)11-22-18(24)20(4,21-19(22)25)16-6-5-9-26-16/h5-6,9,12-15H,7-8,10-11H2,1-4H3,(H,21,25)/t13-,14-,15-,20+/m1/s1. The number of rotatable bonds is 5. The number of carbonyl (C=O) groups is 3. The van der Waals surface area contributed by atoms with Crippen molar-refractivity contribution in [1.29, 1.82) is 0 Å². The maximum atomic E-state index is 12.8. The number of amides is 3. The Morgan fingerprint density at radius 1 is 1.41 bits per heavy atom. The highest BCUT2D eigenvalue weighted by atomic mass is 16.5. The van der Waals surface area contributed by atoms with Crippen LogP contribution >= 0.6 is 0 Å². The van der Waals surface area contributed by atoms with E-state index in [2.05, 4.69) is 26.1 Å². The summed E-state index contributed by atoms with van der Waals surface area (Å²) in [5, 5.41) is 2.61. The Morgan fingerprint density at radius 2 is 2.15 bits per heavy atom. The van der Waals surface area contributed by atoms with E-state index in [1.54, 1.807) is 19.1 Å². The van der Waals surface area contributed by atoms with Gasteiger partial charge in [-0.3, -0.25) is 14.5 Å². The number of nitrogens with zero attached hydrogens (tertiary/aromatic N) is 1. The summed E-state index contributed by atoms with van der Waals surface area (Å²) in [4.78, 5) is 38.5. The van der Waals surface area contributed by atoms with Crippen LogP contribution in [0.15, 0.2) is 22.8 Å². The van der Waals surface area contributed by atoms with Gasteiger partial charge in [-0.05, 0) is 49.7 Å². The molecule has 1 aliphatic heterocycles. The van der Waals surface area contributed by atoms with Crippen molar-refractivity contribution in [2.24, 2.45) is 17.8 Å². The number of hydrogen-bond donors (Lipinski definition) is 1. The fourth-order valence-electron chi connectivity index (χ4n) is 4.16. The van der Waals surface area contributed by atoms with Gasteiger partial charge in [-0.15, -0.1) is 0 Å². The summed E-state index contributed by atoms with van der Waals surface area (Å²) < 4.78 is 11.0. The van der Waals surface area contributed by atoms with Crippen LogP contribution < -0.4 is 5.32 Å². The molecule has 1 aromatic rings. The second-order valence-electron chi connectivity index (χ2n) is 8.28. The van der Waals surface area contributed by atoms with Crippen molar-refractivity contribution >= 4 is 17.9 Å². The Kier molecular flexibility index (Phi) is 5.31. The van der Waals surface area contributed by atoms with Crippen LogP contribution in [-0.2, 0) is 19.9 Å². The zero-order valence-electron chi connectivity index (χ0n) is 16.4. The first-order chi connectivity index (χ1) is 12.7. The van der Waals surface area contributed by atoms with Crippen LogP contribution in [0, 0.1) is 17.8 Å². The van der Waals surface area contributed by atoms with E-state index in [0.717, 1.165) is 24.2 Å². The molecular weight excluding hydrogens is 348 g/mol. The molecule has 7 nitrogen and oxygen atoms in total. The third-order valence-electron chi connectivity index (χ3n) is 5.82. The predicted octanol–water partition coefficient (Wildman–Crippen LogP) is 3.05. The summed E-state index contributed by atoms with van der Waals surface area (Å²) in [6.45, 7) is 7.59. The van der Waals surface area contributed by atoms with E-state index < -0.39 is 30.0 Å². The van der Waals surface area contributed by atoms with E-state index in [9.17, 15) is 14.4 Å². The number of hydrogen-bond acceptors (Lipinski definition) is 5. The molecule has 148 valence electrons. The molecule has 0 spiro atoms. The molecule has 0 aromatic carbocycles. The fourth-order valence-corrected chi connectivity index (χ4v) is 4.16. The van der Waals surface area contributed by atoms with Gasteiger partial charge in [0, 0.05) is 0 Å². The molecule has 0 radical (unpaired) electrons. The molecule has 3 rings (SSSR count). The highest BCUT2D eigenvalue weighted by Crippen LogP contribution is 2.35. The topological polar surface area (TPSA) is 88.8 Å². The Morgan fingerprint density at radius 3 is 2.78 bits per heavy atom. The van der Waals surface area contributed by atoms with Crippen molar-refractivity contribution in [3.8, 4) is 0 Å². The summed E-state index contributed by atoms with van der Waals surface area (Å²) >= 11 is 0. The van der Waals surface area contributed by atoms with Crippen molar-refractivity contribution in [2.45, 2.75) is 58.6 Å². The number of nitrogens with one attached hydrogen (secondary N) is 1. The van der Waals surface area contributed by atoms with Crippen LogP contribution in [0.1, 0.15) is 52.7 Å². The molecule has 3 amide bonds. The highest BCUT2D eigenvalue weighted by molar-refractivity contribution is 6.08. The summed E-state index contributed by atoms with van der Waals surface area (Å²) in [7, 11) is 0. The van der Waals surface area contributed by atoms with E-state index in [-0.39, 0.29) is 6.10 Å². The van der Waals surface area contributed by atoms with Crippen LogP contribution in [0.4, 0.5) is 4.79 Å². The minimum atomic E-state index is -1.30. The Hall–Kier alpha value is -2.31. The SMILES string of the molecule is CC(C)[C@H]1CC[C@@H](C)C[C@H]1OC(=O)CN1C(=O)N[C@@](C)(c2ccco2)C1=O. The molecule has 27 heavy (non-hydrogen) atoms. The second kappa shape index (κ2) is 7.37. The van der Waals surface area contributed by atoms with Crippen LogP contribution in [-0.4, -0.2) is 35.5 Å². The van der Waals surface area contributed by atoms with Gasteiger partial charge in [-0.25, -0.2) is 4.79 Å². The van der Waals surface area contributed by atoms with E-state index in [1.165, 1.54) is 6.26 Å². The maximum Gasteiger partial charge on any atom is 0.326 e. The number of ether oxygens (including phenoxy) is 1. The number of imide groups is 1. The van der Waals surface area contributed by atoms with E-state index in [4.69, 9.17) is 9.15 Å². The average molecular weight is 376 g/mol. The van der Waals surface area contributed by atoms with Gasteiger partial charge in [0.2, 0.25) is 0 Å². The van der Waals surface area contributed by atoms with Crippen molar-refractivity contribution in [3.63, 3.8) is 0 Å². The third kappa shape index (κ3) is 3.73. The molecule has 1 N–H and O–H groups in total. The van der Waals surface area contributed by atoms with E-state index in [1.807, 2.05) is 0 Å². The van der Waals surface area contributed by atoms with Gasteiger partial charge in [0.15, 0.2) is 5.54 Å². The summed E-state index contributed by atoms with van der Waals surface area (Å²) in [5.74, 6) is 0.481. The first-order valence-electron chi connectivity index (χ1n) is 9.60. The molecule has 0 bridgehead atoms. The van der Waals surface area contributed by atoms with Crippen LogP contribution in [0.5, 0.6) is 0 Å². The maximum absolute atomic E-state index is 12.8. The van der Waals surface area contributed by atoms with Gasteiger partial charge >= 0.3 is 12.0 Å². The fraction of sp³-hybridized carbons (Fsp3) is 0.650. The van der Waals surface area contributed by atoms with Crippen molar-refractivity contribution < 1.29 is 23.5 Å². The molecule has 0 unspecified atom stereocenters. The zero-order chi connectivity index (χ0) is 19.8. The quantitative estimate of drug-likeness (QED) is 0.630. The molecule has 1 aromatic heterocycles. The molecule has 1 saturated heterocycles. The smallest absolute Gasteiger partial charge is 0.326 e. The molecular formula is C20H28N2O5. The second-order valence-corrected chi connectivity index (χ2v) is 8.28. The number of esters is 1. The van der Waals surface area contributed by atoms with Gasteiger partial charge in [-0.2, -0.15) is 0 Å². The number of carbonyl (C=O) groups excluding carboxylic acids is 3. The monoisotopic (exact) mass is 376 g/mol. The Bertz CT molecular complexity index is 714. The van der Waals surface area contributed by atoms with Crippen LogP contribution in [0.2, 0.25) is 0 Å². The number of urea groups is 1. The molecule has 2 fully saturated rings. The minimum Gasteiger partial charge on any atom is -0.466 e. The van der Waals surface area contributed by atoms with Gasteiger partial charge in [-0.1, -0.05) is 27.2 Å². The summed E-state index contributed by atoms with van der Waals surface area (Å²) in [6.07, 6.45) is 4.24. The molecule has 2 heterocycles. The lowest BCUT2D eigenvalue weighted by atomic mass is 9.75. The first kappa shape index (κ1) is 19.5. The van der Waals surface area contributed by atoms with E-state index >= 15 is 0 Å². The Balaban J connectivity index is 1.67.